The van der Waals surface area contributed by atoms with Crippen LogP contribution in [0.3, 0.4) is 0 Å². The number of carbonyl (C=O) groups excluding carboxylic acids is 1. The van der Waals surface area contributed by atoms with E-state index in [0.717, 1.165) is 23.1 Å². The predicted molar refractivity (Wildman–Crippen MR) is 71.3 cm³/mol. The molecule has 1 aromatic rings. The van der Waals surface area contributed by atoms with Gasteiger partial charge in [0.2, 0.25) is 0 Å². The monoisotopic (exact) mass is 283 g/mol. The van der Waals surface area contributed by atoms with Crippen LogP contribution in [0.4, 0.5) is 0 Å². The van der Waals surface area contributed by atoms with Crippen LogP contribution < -0.4 is 5.32 Å². The molecular formula is C13H18BrNO. The maximum Gasteiger partial charge on any atom is 0.251 e. The van der Waals surface area contributed by atoms with Crippen LogP contribution in [-0.2, 0) is 0 Å². The number of benzene rings is 1. The molecule has 0 saturated heterocycles. The molecule has 0 spiro atoms. The topological polar surface area (TPSA) is 29.1 Å². The smallest absolute Gasteiger partial charge is 0.251 e. The molecule has 1 rings (SSSR count). The average molecular weight is 284 g/mol. The van der Waals surface area contributed by atoms with E-state index in [0.29, 0.717) is 11.4 Å². The SMILES string of the molecule is Cc1cccc(C)c1C(=O)NCCC(C)Br. The summed E-state index contributed by atoms with van der Waals surface area (Å²) in [4.78, 5) is 12.4. The normalized spacial score (nSPS) is 12.2. The Labute approximate surface area is 106 Å². The molecule has 3 heteroatoms. The Balaban J connectivity index is 2.66. The lowest BCUT2D eigenvalue weighted by Crippen LogP contribution is -2.27. The molecule has 0 aliphatic heterocycles. The van der Waals surface area contributed by atoms with Crippen molar-refractivity contribution in [1.29, 1.82) is 0 Å². The van der Waals surface area contributed by atoms with Crippen LogP contribution in [0, 0.1) is 13.8 Å². The molecule has 0 aliphatic carbocycles. The second-order valence-electron chi connectivity index (χ2n) is 4.09. The van der Waals surface area contributed by atoms with Gasteiger partial charge in [0.15, 0.2) is 0 Å². The number of amides is 1. The van der Waals surface area contributed by atoms with Crippen molar-refractivity contribution < 1.29 is 4.79 Å². The van der Waals surface area contributed by atoms with E-state index in [-0.39, 0.29) is 5.91 Å². The maximum absolute atomic E-state index is 11.9. The van der Waals surface area contributed by atoms with Crippen LogP contribution in [0.2, 0.25) is 0 Å². The summed E-state index contributed by atoms with van der Waals surface area (Å²) in [6, 6.07) is 5.91. The van der Waals surface area contributed by atoms with Crippen molar-refractivity contribution >= 4 is 21.8 Å². The first-order chi connectivity index (χ1) is 7.52. The summed E-state index contributed by atoms with van der Waals surface area (Å²) >= 11 is 3.46. The summed E-state index contributed by atoms with van der Waals surface area (Å²) in [6.07, 6.45) is 0.941. The van der Waals surface area contributed by atoms with Crippen LogP contribution in [0.25, 0.3) is 0 Å². The van der Waals surface area contributed by atoms with Crippen molar-refractivity contribution in [2.45, 2.75) is 32.0 Å². The van der Waals surface area contributed by atoms with Gasteiger partial charge in [-0.2, -0.15) is 0 Å². The third kappa shape index (κ3) is 3.63. The Morgan fingerprint density at radius 1 is 1.38 bits per heavy atom. The number of rotatable bonds is 4. The molecular weight excluding hydrogens is 266 g/mol. The lowest BCUT2D eigenvalue weighted by molar-refractivity contribution is 0.0952. The van der Waals surface area contributed by atoms with E-state index in [4.69, 9.17) is 0 Å². The van der Waals surface area contributed by atoms with Crippen molar-refractivity contribution in [1.82, 2.24) is 5.32 Å². The molecule has 0 saturated carbocycles. The predicted octanol–water partition coefficient (Wildman–Crippen LogP) is 3.21. The Hall–Kier alpha value is -0.830. The highest BCUT2D eigenvalue weighted by Crippen LogP contribution is 2.13. The minimum Gasteiger partial charge on any atom is -0.352 e. The number of carbonyl (C=O) groups is 1. The fraction of sp³-hybridized carbons (Fsp3) is 0.462. The number of aryl methyl sites for hydroxylation is 2. The second kappa shape index (κ2) is 6.04. The number of halogens is 1. The van der Waals surface area contributed by atoms with Crippen LogP contribution in [0.15, 0.2) is 18.2 Å². The van der Waals surface area contributed by atoms with Crippen molar-refractivity contribution in [2.75, 3.05) is 6.54 Å². The van der Waals surface area contributed by atoms with E-state index in [2.05, 4.69) is 28.2 Å². The Morgan fingerprint density at radius 3 is 2.44 bits per heavy atom. The number of hydrogen-bond acceptors (Lipinski definition) is 1. The van der Waals surface area contributed by atoms with E-state index in [1.165, 1.54) is 0 Å². The molecule has 88 valence electrons. The van der Waals surface area contributed by atoms with Gasteiger partial charge in [0.05, 0.1) is 0 Å². The highest BCUT2D eigenvalue weighted by atomic mass is 79.9. The van der Waals surface area contributed by atoms with Crippen LogP contribution in [0.5, 0.6) is 0 Å². The average Bonchev–Trinajstić information content (AvgIpc) is 2.16. The van der Waals surface area contributed by atoms with Gasteiger partial charge in [-0.25, -0.2) is 0 Å². The van der Waals surface area contributed by atoms with Gasteiger partial charge < -0.3 is 5.32 Å². The Kier molecular flexibility index (Phi) is 5.00. The van der Waals surface area contributed by atoms with Crippen molar-refractivity contribution in [3.63, 3.8) is 0 Å². The third-order valence-corrected chi connectivity index (χ3v) is 2.99. The Morgan fingerprint density at radius 2 is 1.94 bits per heavy atom. The molecule has 16 heavy (non-hydrogen) atoms. The molecule has 1 aromatic carbocycles. The molecule has 0 radical (unpaired) electrons. The van der Waals surface area contributed by atoms with Gasteiger partial charge in [0, 0.05) is 16.9 Å². The van der Waals surface area contributed by atoms with Crippen molar-refractivity contribution in [2.24, 2.45) is 0 Å². The quantitative estimate of drug-likeness (QED) is 0.845. The van der Waals surface area contributed by atoms with Crippen LogP contribution >= 0.6 is 15.9 Å². The number of nitrogens with one attached hydrogen (secondary N) is 1. The van der Waals surface area contributed by atoms with Gasteiger partial charge in [-0.15, -0.1) is 0 Å². The van der Waals surface area contributed by atoms with E-state index >= 15 is 0 Å². The molecule has 1 amide bonds. The standard InChI is InChI=1S/C13H18BrNO/c1-9-5-4-6-10(2)12(9)13(16)15-8-7-11(3)14/h4-6,11H,7-8H2,1-3H3,(H,15,16). The van der Waals surface area contributed by atoms with Crippen molar-refractivity contribution in [3.8, 4) is 0 Å². The zero-order valence-electron chi connectivity index (χ0n) is 10.0. The number of alkyl halides is 1. The molecule has 0 fully saturated rings. The summed E-state index contributed by atoms with van der Waals surface area (Å²) < 4.78 is 0. The third-order valence-electron chi connectivity index (χ3n) is 2.54. The van der Waals surface area contributed by atoms with Gasteiger partial charge in [-0.05, 0) is 31.4 Å². The molecule has 2 nitrogen and oxygen atoms in total. The first-order valence-corrected chi connectivity index (χ1v) is 6.42. The second-order valence-corrected chi connectivity index (χ2v) is 5.66. The summed E-state index contributed by atoms with van der Waals surface area (Å²) in [5.41, 5.74) is 2.87. The molecule has 0 bridgehead atoms. The zero-order chi connectivity index (χ0) is 12.1. The molecule has 0 aliphatic rings. The molecule has 1 unspecified atom stereocenters. The Bertz CT molecular complexity index is 354. The van der Waals surface area contributed by atoms with Gasteiger partial charge in [-0.1, -0.05) is 41.1 Å². The molecule has 1 atom stereocenters. The van der Waals surface area contributed by atoms with Gasteiger partial charge >= 0.3 is 0 Å². The van der Waals surface area contributed by atoms with E-state index in [9.17, 15) is 4.79 Å². The summed E-state index contributed by atoms with van der Waals surface area (Å²) in [5.74, 6) is 0.0313. The van der Waals surface area contributed by atoms with Gasteiger partial charge in [0.1, 0.15) is 0 Å². The fourth-order valence-electron chi connectivity index (χ4n) is 1.65. The summed E-state index contributed by atoms with van der Waals surface area (Å²) in [5, 5.41) is 2.94. The highest BCUT2D eigenvalue weighted by Gasteiger charge is 2.10. The first kappa shape index (κ1) is 13.2. The fourth-order valence-corrected chi connectivity index (χ4v) is 1.87. The van der Waals surface area contributed by atoms with E-state index in [1.807, 2.05) is 32.0 Å². The van der Waals surface area contributed by atoms with Gasteiger partial charge in [0.25, 0.3) is 5.91 Å². The minimum absolute atomic E-state index is 0.0313. The van der Waals surface area contributed by atoms with E-state index < -0.39 is 0 Å². The number of hydrogen-bond donors (Lipinski definition) is 1. The minimum atomic E-state index is 0.0313. The lowest BCUT2D eigenvalue weighted by atomic mass is 10.0. The van der Waals surface area contributed by atoms with Gasteiger partial charge in [-0.3, -0.25) is 4.79 Å². The molecule has 0 heterocycles. The van der Waals surface area contributed by atoms with E-state index in [1.54, 1.807) is 0 Å². The zero-order valence-corrected chi connectivity index (χ0v) is 11.6. The first-order valence-electron chi connectivity index (χ1n) is 5.51. The lowest BCUT2D eigenvalue weighted by Gasteiger charge is -2.10. The summed E-state index contributed by atoms with van der Waals surface area (Å²) in [7, 11) is 0. The largest absolute Gasteiger partial charge is 0.352 e. The summed E-state index contributed by atoms with van der Waals surface area (Å²) in [6.45, 7) is 6.72. The van der Waals surface area contributed by atoms with Crippen LogP contribution in [-0.4, -0.2) is 17.3 Å². The van der Waals surface area contributed by atoms with Crippen molar-refractivity contribution in [3.05, 3.63) is 34.9 Å². The molecule has 0 aromatic heterocycles. The van der Waals surface area contributed by atoms with Crippen LogP contribution in [0.1, 0.15) is 34.8 Å². The highest BCUT2D eigenvalue weighted by molar-refractivity contribution is 9.09. The maximum atomic E-state index is 11.9. The molecule has 1 N–H and O–H groups in total.